The molecule has 220 valence electrons. The van der Waals surface area contributed by atoms with Crippen molar-refractivity contribution in [2.24, 2.45) is 0 Å². The van der Waals surface area contributed by atoms with Crippen molar-refractivity contribution >= 4 is 35.2 Å². The van der Waals surface area contributed by atoms with Gasteiger partial charge in [-0.2, -0.15) is 5.26 Å². The molecule has 4 heterocycles. The van der Waals surface area contributed by atoms with Crippen molar-refractivity contribution in [3.05, 3.63) is 82.5 Å². The van der Waals surface area contributed by atoms with Crippen LogP contribution in [-0.2, 0) is 22.7 Å². The first-order valence-electron chi connectivity index (χ1n) is 13.9. The molecular formula is C31H27F2N5O4S. The molecule has 3 aliphatic heterocycles. The highest BCUT2D eigenvalue weighted by Crippen LogP contribution is 2.36. The van der Waals surface area contributed by atoms with Gasteiger partial charge in [0.15, 0.2) is 0 Å². The first kappa shape index (κ1) is 28.6. The van der Waals surface area contributed by atoms with Crippen LogP contribution in [-0.4, -0.2) is 52.0 Å². The summed E-state index contributed by atoms with van der Waals surface area (Å²) in [5.74, 6) is -2.15. The molecule has 43 heavy (non-hydrogen) atoms. The molecule has 0 saturated carbocycles. The molecule has 12 heteroatoms. The number of anilines is 1. The average molecular weight is 604 g/mol. The largest absolute Gasteiger partial charge is 0.488 e. The standard InChI is InChI=1S/C31H27F2N5O4S/c32-20-12-22-23(16-38(31(22)41)26-4-5-28(39)36-30(26)40)27(13-20)42-17-19-2-6-29(35-15-19)43-21-7-9-37(10-8-21)25-3-1-18(14-34)11-24(25)33/h1-3,6,11-13,15,21,26H,4-5,7-10,16-17H2,(H,36,39,40). The number of hydrogen-bond acceptors (Lipinski definition) is 8. The zero-order chi connectivity index (χ0) is 30.1. The Morgan fingerprint density at radius 1 is 1.07 bits per heavy atom. The Balaban J connectivity index is 1.04. The van der Waals surface area contributed by atoms with Crippen molar-refractivity contribution in [3.63, 3.8) is 0 Å². The first-order chi connectivity index (χ1) is 20.8. The number of carbonyl (C=O) groups excluding carboxylic acids is 3. The molecule has 3 amide bonds. The number of amides is 3. The number of fused-ring (bicyclic) bond motifs is 1. The Kier molecular flexibility index (Phi) is 7.99. The number of carbonyl (C=O) groups is 3. The molecule has 3 aromatic rings. The number of aromatic nitrogens is 1. The van der Waals surface area contributed by atoms with Crippen LogP contribution in [0.3, 0.4) is 0 Å². The SMILES string of the molecule is N#Cc1ccc(N2CCC(Sc3ccc(COc4cc(F)cc5c4CN(C4CCC(=O)NC4=O)C5=O)cn3)CC2)c(F)c1. The molecule has 0 spiro atoms. The van der Waals surface area contributed by atoms with Gasteiger partial charge in [0.1, 0.15) is 30.0 Å². The summed E-state index contributed by atoms with van der Waals surface area (Å²) in [5.41, 5.74) is 2.24. The summed E-state index contributed by atoms with van der Waals surface area (Å²) in [7, 11) is 0. The fraction of sp³-hybridized carbons (Fsp3) is 0.323. The second-order valence-corrected chi connectivity index (χ2v) is 12.0. The smallest absolute Gasteiger partial charge is 0.255 e. The van der Waals surface area contributed by atoms with E-state index in [0.717, 1.165) is 29.5 Å². The number of nitrogens with zero attached hydrogens (tertiary/aromatic N) is 4. The zero-order valence-corrected chi connectivity index (χ0v) is 23.8. The first-order valence-corrected chi connectivity index (χ1v) is 14.8. The van der Waals surface area contributed by atoms with Crippen molar-refractivity contribution in [1.82, 2.24) is 15.2 Å². The molecule has 1 aromatic heterocycles. The number of thioether (sulfide) groups is 1. The van der Waals surface area contributed by atoms with Crippen LogP contribution in [0.2, 0.25) is 0 Å². The number of imide groups is 1. The van der Waals surface area contributed by atoms with E-state index in [-0.39, 0.29) is 49.0 Å². The Morgan fingerprint density at radius 3 is 2.58 bits per heavy atom. The molecule has 2 saturated heterocycles. The van der Waals surface area contributed by atoms with Gasteiger partial charge in [0.25, 0.3) is 5.91 Å². The number of pyridine rings is 1. The van der Waals surface area contributed by atoms with Crippen LogP contribution in [0.5, 0.6) is 5.75 Å². The van der Waals surface area contributed by atoms with Gasteiger partial charge in [-0.25, -0.2) is 13.8 Å². The van der Waals surface area contributed by atoms with E-state index in [9.17, 15) is 23.2 Å². The lowest BCUT2D eigenvalue weighted by Gasteiger charge is -2.33. The highest BCUT2D eigenvalue weighted by Gasteiger charge is 2.40. The van der Waals surface area contributed by atoms with E-state index >= 15 is 0 Å². The number of halogens is 2. The lowest BCUT2D eigenvalue weighted by molar-refractivity contribution is -0.136. The van der Waals surface area contributed by atoms with E-state index in [1.165, 1.54) is 17.0 Å². The maximum Gasteiger partial charge on any atom is 0.255 e. The minimum atomic E-state index is -0.799. The normalized spacial score (nSPS) is 18.8. The fourth-order valence-electron chi connectivity index (χ4n) is 5.67. The van der Waals surface area contributed by atoms with Crippen molar-refractivity contribution in [3.8, 4) is 11.8 Å². The van der Waals surface area contributed by atoms with E-state index in [1.54, 1.807) is 30.1 Å². The molecule has 0 radical (unpaired) electrons. The van der Waals surface area contributed by atoms with Gasteiger partial charge in [-0.15, -0.1) is 11.8 Å². The third-order valence-corrected chi connectivity index (χ3v) is 9.21. The van der Waals surface area contributed by atoms with E-state index in [0.29, 0.717) is 35.2 Å². The molecule has 3 aliphatic rings. The van der Waals surface area contributed by atoms with Gasteiger partial charge >= 0.3 is 0 Å². The van der Waals surface area contributed by atoms with Crippen LogP contribution in [0.15, 0.2) is 53.7 Å². The van der Waals surface area contributed by atoms with Gasteiger partial charge in [-0.05, 0) is 49.6 Å². The summed E-state index contributed by atoms with van der Waals surface area (Å²) in [4.78, 5) is 44.8. The fourth-order valence-corrected chi connectivity index (χ4v) is 6.72. The predicted octanol–water partition coefficient (Wildman–Crippen LogP) is 4.33. The molecule has 0 bridgehead atoms. The van der Waals surface area contributed by atoms with E-state index in [4.69, 9.17) is 10.00 Å². The van der Waals surface area contributed by atoms with Crippen LogP contribution >= 0.6 is 11.8 Å². The third kappa shape index (κ3) is 6.03. The Bertz CT molecular complexity index is 1640. The molecular weight excluding hydrogens is 576 g/mol. The van der Waals surface area contributed by atoms with Gasteiger partial charge in [-0.3, -0.25) is 19.7 Å². The molecule has 1 unspecified atom stereocenters. The molecule has 2 aromatic carbocycles. The van der Waals surface area contributed by atoms with Crippen LogP contribution in [0.1, 0.15) is 52.7 Å². The van der Waals surface area contributed by atoms with Gasteiger partial charge in [0.05, 0.1) is 34.5 Å². The van der Waals surface area contributed by atoms with Crippen molar-refractivity contribution < 1.29 is 27.9 Å². The molecule has 0 aliphatic carbocycles. The minimum Gasteiger partial charge on any atom is -0.488 e. The van der Waals surface area contributed by atoms with Crippen LogP contribution in [0.25, 0.3) is 0 Å². The molecule has 2 fully saturated rings. The van der Waals surface area contributed by atoms with Gasteiger partial charge in [-0.1, -0.05) is 6.07 Å². The van der Waals surface area contributed by atoms with E-state index in [2.05, 4.69) is 10.3 Å². The zero-order valence-electron chi connectivity index (χ0n) is 23.0. The third-order valence-electron chi connectivity index (χ3n) is 7.92. The Hall–Kier alpha value is -4.50. The van der Waals surface area contributed by atoms with E-state index in [1.807, 2.05) is 23.1 Å². The summed E-state index contributed by atoms with van der Waals surface area (Å²) in [6.07, 6.45) is 3.76. The van der Waals surface area contributed by atoms with Crippen LogP contribution < -0.4 is 15.0 Å². The topological polar surface area (TPSA) is 116 Å². The minimum absolute atomic E-state index is 0.0838. The maximum absolute atomic E-state index is 14.4. The summed E-state index contributed by atoms with van der Waals surface area (Å²) in [5, 5.41) is 12.4. The van der Waals surface area contributed by atoms with Gasteiger partial charge in [0.2, 0.25) is 11.8 Å². The summed E-state index contributed by atoms with van der Waals surface area (Å²) < 4.78 is 34.8. The lowest BCUT2D eigenvalue weighted by atomic mass is 10.0. The van der Waals surface area contributed by atoms with E-state index < -0.39 is 23.7 Å². The number of nitrogens with one attached hydrogen (secondary N) is 1. The molecule has 6 rings (SSSR count). The number of benzene rings is 2. The maximum atomic E-state index is 14.4. The van der Waals surface area contributed by atoms with Gasteiger partial charge < -0.3 is 14.5 Å². The summed E-state index contributed by atoms with van der Waals surface area (Å²) >= 11 is 1.67. The predicted molar refractivity (Wildman–Crippen MR) is 153 cm³/mol. The monoisotopic (exact) mass is 603 g/mol. The highest BCUT2D eigenvalue weighted by atomic mass is 32.2. The number of nitriles is 1. The molecule has 1 atom stereocenters. The van der Waals surface area contributed by atoms with Gasteiger partial charge in [0, 0.05) is 48.2 Å². The quantitative estimate of drug-likeness (QED) is 0.397. The molecule has 1 N–H and O–H groups in total. The second-order valence-electron chi connectivity index (χ2n) is 10.7. The molecule has 9 nitrogen and oxygen atoms in total. The Labute approximate surface area is 250 Å². The summed E-state index contributed by atoms with van der Waals surface area (Å²) in [6.45, 7) is 1.59. The average Bonchev–Trinajstić information content (AvgIpc) is 3.32. The number of piperidine rings is 2. The lowest BCUT2D eigenvalue weighted by Crippen LogP contribution is -2.52. The van der Waals surface area contributed by atoms with Crippen molar-refractivity contribution in [1.29, 1.82) is 5.26 Å². The Morgan fingerprint density at radius 2 is 1.88 bits per heavy atom. The highest BCUT2D eigenvalue weighted by molar-refractivity contribution is 7.99. The summed E-state index contributed by atoms with van der Waals surface area (Å²) in [6, 6.07) is 11.9. The van der Waals surface area contributed by atoms with Crippen molar-refractivity contribution in [2.45, 2.75) is 55.2 Å². The number of hydrogen-bond donors (Lipinski definition) is 1. The number of rotatable bonds is 7. The van der Waals surface area contributed by atoms with Crippen molar-refractivity contribution in [2.75, 3.05) is 18.0 Å². The van der Waals surface area contributed by atoms with Crippen LogP contribution in [0, 0.1) is 23.0 Å². The van der Waals surface area contributed by atoms with Crippen LogP contribution in [0.4, 0.5) is 14.5 Å². The number of ether oxygens (including phenoxy) is 1. The second kappa shape index (κ2) is 12.0.